The third-order valence-corrected chi connectivity index (χ3v) is 4.30. The molecule has 0 aliphatic heterocycles. The summed E-state index contributed by atoms with van der Waals surface area (Å²) < 4.78 is 2.82. The molecule has 7 heteroatoms. The summed E-state index contributed by atoms with van der Waals surface area (Å²) in [6.45, 7) is 2.80. The summed E-state index contributed by atoms with van der Waals surface area (Å²) in [5.74, 6) is 5.70. The number of hydrazine groups is 1. The quantitative estimate of drug-likeness (QED) is 0.616. The maximum Gasteiger partial charge on any atom is 0.0712 e. The Morgan fingerprint density at radius 3 is 2.80 bits per heavy atom. The number of nitrogens with one attached hydrogen (secondary N) is 1. The fourth-order valence-corrected chi connectivity index (χ4v) is 3.17. The Morgan fingerprint density at radius 2 is 2.20 bits per heavy atom. The average molecular weight is 378 g/mol. The van der Waals surface area contributed by atoms with Crippen LogP contribution in [0.2, 0.25) is 10.0 Å². The van der Waals surface area contributed by atoms with Crippen LogP contribution in [-0.4, -0.2) is 9.78 Å². The summed E-state index contributed by atoms with van der Waals surface area (Å²) >= 11 is 15.6. The van der Waals surface area contributed by atoms with Crippen LogP contribution in [0.1, 0.15) is 24.2 Å². The number of hydrogen-bond donors (Lipinski definition) is 2. The van der Waals surface area contributed by atoms with Gasteiger partial charge in [0.15, 0.2) is 0 Å². The largest absolute Gasteiger partial charge is 0.271 e. The number of nitrogens with two attached hydrogens (primary N) is 1. The van der Waals surface area contributed by atoms with E-state index in [0.29, 0.717) is 16.5 Å². The third-order valence-electron chi connectivity index (χ3n) is 3.10. The number of aromatic nitrogens is 2. The van der Waals surface area contributed by atoms with Crippen LogP contribution in [0.3, 0.4) is 0 Å². The van der Waals surface area contributed by atoms with E-state index in [-0.39, 0.29) is 6.04 Å². The van der Waals surface area contributed by atoms with Gasteiger partial charge in [0.05, 0.1) is 22.4 Å². The van der Waals surface area contributed by atoms with E-state index in [1.54, 1.807) is 12.3 Å². The zero-order valence-corrected chi connectivity index (χ0v) is 14.0. The van der Waals surface area contributed by atoms with Crippen molar-refractivity contribution in [3.63, 3.8) is 0 Å². The first-order chi connectivity index (χ1) is 9.56. The molecular weight excluding hydrogens is 363 g/mol. The van der Waals surface area contributed by atoms with Gasteiger partial charge in [0.2, 0.25) is 0 Å². The molecule has 1 atom stereocenters. The van der Waals surface area contributed by atoms with Crippen molar-refractivity contribution >= 4 is 39.1 Å². The van der Waals surface area contributed by atoms with E-state index in [0.717, 1.165) is 22.3 Å². The normalized spacial score (nSPS) is 12.7. The van der Waals surface area contributed by atoms with Crippen LogP contribution in [0, 0.1) is 0 Å². The van der Waals surface area contributed by atoms with Crippen LogP contribution < -0.4 is 11.3 Å². The van der Waals surface area contributed by atoms with Crippen LogP contribution in [0.5, 0.6) is 0 Å². The zero-order chi connectivity index (χ0) is 14.7. The van der Waals surface area contributed by atoms with Gasteiger partial charge in [0.1, 0.15) is 0 Å². The van der Waals surface area contributed by atoms with Crippen LogP contribution >= 0.6 is 39.1 Å². The summed E-state index contributed by atoms with van der Waals surface area (Å²) in [4.78, 5) is 0. The molecule has 0 saturated heterocycles. The molecule has 0 fully saturated rings. The van der Waals surface area contributed by atoms with Gasteiger partial charge in [-0.2, -0.15) is 5.10 Å². The third kappa shape index (κ3) is 3.35. The zero-order valence-electron chi connectivity index (χ0n) is 10.9. The lowest BCUT2D eigenvalue weighted by Gasteiger charge is -2.19. The molecule has 0 aliphatic rings. The van der Waals surface area contributed by atoms with Crippen molar-refractivity contribution in [1.82, 2.24) is 15.2 Å². The highest BCUT2D eigenvalue weighted by molar-refractivity contribution is 9.10. The first kappa shape index (κ1) is 15.8. The van der Waals surface area contributed by atoms with Crippen molar-refractivity contribution in [2.45, 2.75) is 25.9 Å². The topological polar surface area (TPSA) is 55.9 Å². The summed E-state index contributed by atoms with van der Waals surface area (Å²) in [6.07, 6.45) is 2.42. The molecule has 0 saturated carbocycles. The number of aryl methyl sites for hydroxylation is 1. The lowest BCUT2D eigenvalue weighted by molar-refractivity contribution is 0.489. The number of benzene rings is 1. The van der Waals surface area contributed by atoms with Gasteiger partial charge >= 0.3 is 0 Å². The van der Waals surface area contributed by atoms with E-state index in [1.165, 1.54) is 0 Å². The van der Waals surface area contributed by atoms with E-state index >= 15 is 0 Å². The van der Waals surface area contributed by atoms with Crippen LogP contribution in [0.25, 0.3) is 0 Å². The van der Waals surface area contributed by atoms with Crippen LogP contribution in [-0.2, 0) is 13.0 Å². The minimum atomic E-state index is -0.0921. The Labute approximate surface area is 136 Å². The first-order valence-electron chi connectivity index (χ1n) is 6.18. The van der Waals surface area contributed by atoms with Gasteiger partial charge in [-0.3, -0.25) is 16.0 Å². The molecule has 0 bridgehead atoms. The van der Waals surface area contributed by atoms with Crippen molar-refractivity contribution in [3.8, 4) is 0 Å². The highest BCUT2D eigenvalue weighted by Gasteiger charge is 2.20. The standard InChI is InChI=1S/C13H15BrCl2N4/c1-2-20-13(10(14)7-18-20)12(19-17)5-8-3-4-9(15)6-11(8)16/h3-4,6-7,12,19H,2,5,17H2,1H3. The van der Waals surface area contributed by atoms with E-state index in [9.17, 15) is 0 Å². The Bertz CT molecular complexity index is 600. The molecule has 0 amide bonds. The second-order valence-electron chi connectivity index (χ2n) is 4.35. The van der Waals surface area contributed by atoms with Crippen molar-refractivity contribution in [3.05, 3.63) is 50.2 Å². The van der Waals surface area contributed by atoms with E-state index < -0.39 is 0 Å². The van der Waals surface area contributed by atoms with Crippen molar-refractivity contribution in [2.75, 3.05) is 0 Å². The van der Waals surface area contributed by atoms with Crippen LogP contribution in [0.15, 0.2) is 28.9 Å². The molecule has 20 heavy (non-hydrogen) atoms. The molecule has 2 aromatic rings. The fourth-order valence-electron chi connectivity index (χ4n) is 2.11. The maximum atomic E-state index is 6.22. The van der Waals surface area contributed by atoms with Crippen molar-refractivity contribution in [2.24, 2.45) is 5.84 Å². The second-order valence-corrected chi connectivity index (χ2v) is 6.05. The van der Waals surface area contributed by atoms with Crippen molar-refractivity contribution in [1.29, 1.82) is 0 Å². The molecule has 1 unspecified atom stereocenters. The lowest BCUT2D eigenvalue weighted by atomic mass is 10.0. The van der Waals surface area contributed by atoms with Gasteiger partial charge in [-0.15, -0.1) is 0 Å². The first-order valence-corrected chi connectivity index (χ1v) is 7.73. The Kier molecular flexibility index (Phi) is 5.46. The Hall–Kier alpha value is -0.590. The number of nitrogens with zero attached hydrogens (tertiary/aromatic N) is 2. The Morgan fingerprint density at radius 1 is 1.45 bits per heavy atom. The SMILES string of the molecule is CCn1ncc(Br)c1C(Cc1ccc(Cl)cc1Cl)NN. The highest BCUT2D eigenvalue weighted by Crippen LogP contribution is 2.29. The molecule has 0 aliphatic carbocycles. The van der Waals surface area contributed by atoms with Crippen LogP contribution in [0.4, 0.5) is 0 Å². The molecule has 2 rings (SSSR count). The van der Waals surface area contributed by atoms with Gasteiger partial charge in [-0.1, -0.05) is 29.3 Å². The maximum absolute atomic E-state index is 6.22. The molecule has 4 nitrogen and oxygen atoms in total. The summed E-state index contributed by atoms with van der Waals surface area (Å²) in [6, 6.07) is 5.38. The summed E-state index contributed by atoms with van der Waals surface area (Å²) in [5, 5.41) is 5.56. The highest BCUT2D eigenvalue weighted by atomic mass is 79.9. The van der Waals surface area contributed by atoms with Gasteiger partial charge in [-0.25, -0.2) is 0 Å². The van der Waals surface area contributed by atoms with Crippen molar-refractivity contribution < 1.29 is 0 Å². The minimum Gasteiger partial charge on any atom is -0.271 e. The smallest absolute Gasteiger partial charge is 0.0712 e. The van der Waals surface area contributed by atoms with E-state index in [4.69, 9.17) is 29.0 Å². The van der Waals surface area contributed by atoms with Gasteiger partial charge < -0.3 is 0 Å². The molecule has 108 valence electrons. The summed E-state index contributed by atoms with van der Waals surface area (Å²) in [5.41, 5.74) is 4.81. The Balaban J connectivity index is 2.31. The van der Waals surface area contributed by atoms with Gasteiger partial charge in [0.25, 0.3) is 0 Å². The minimum absolute atomic E-state index is 0.0921. The number of halogens is 3. The van der Waals surface area contributed by atoms with E-state index in [1.807, 2.05) is 23.7 Å². The molecule has 0 spiro atoms. The molecule has 1 aromatic carbocycles. The second kappa shape index (κ2) is 6.91. The lowest BCUT2D eigenvalue weighted by Crippen LogP contribution is -2.31. The molecule has 3 N–H and O–H groups in total. The van der Waals surface area contributed by atoms with Gasteiger partial charge in [0, 0.05) is 16.6 Å². The molecule has 1 aromatic heterocycles. The molecule has 1 heterocycles. The molecule has 0 radical (unpaired) electrons. The number of hydrogen-bond acceptors (Lipinski definition) is 3. The number of rotatable bonds is 5. The predicted molar refractivity (Wildman–Crippen MR) is 85.8 cm³/mol. The molecular formula is C13H15BrCl2N4. The summed E-state index contributed by atoms with van der Waals surface area (Å²) in [7, 11) is 0. The van der Waals surface area contributed by atoms with E-state index in [2.05, 4.69) is 26.5 Å². The van der Waals surface area contributed by atoms with Gasteiger partial charge in [-0.05, 0) is 47.0 Å². The fraction of sp³-hybridized carbons (Fsp3) is 0.308. The predicted octanol–water partition coefficient (Wildman–Crippen LogP) is 3.72. The monoisotopic (exact) mass is 376 g/mol. The average Bonchev–Trinajstić information content (AvgIpc) is 2.79.